The maximum Gasteiger partial charge on any atom is 0.409 e. The number of Topliss-reactive ketones (excluding diaryl/α,β-unsaturated/α-hetero) is 1. The molecule has 1 fully saturated rings. The molecule has 1 amide bonds. The van der Waals surface area contributed by atoms with Crippen LogP contribution in [0.2, 0.25) is 0 Å². The lowest BCUT2D eigenvalue weighted by Gasteiger charge is -2.33. The molecule has 7 heteroatoms. The summed E-state index contributed by atoms with van der Waals surface area (Å²) < 4.78 is 12.6. The van der Waals surface area contributed by atoms with E-state index < -0.39 is 0 Å². The highest BCUT2D eigenvalue weighted by Crippen LogP contribution is 2.19. The van der Waals surface area contributed by atoms with Crippen molar-refractivity contribution in [2.45, 2.75) is 27.3 Å². The van der Waals surface area contributed by atoms with Crippen molar-refractivity contribution in [2.75, 3.05) is 39.3 Å². The number of amides is 1. The Hall–Kier alpha value is -2.54. The average molecular weight is 373 g/mol. The standard InChI is InChI=1S/C20H27N3O4/c1-4-26-20(25)22-9-7-21(8-10-22)14-19(24)18-12-15(2)23(16(18)3)13-17-6-5-11-27-17/h5-6,11-12H,4,7-10,13-14H2,1-3H3. The second-order valence-corrected chi connectivity index (χ2v) is 6.84. The van der Waals surface area contributed by atoms with Crippen molar-refractivity contribution >= 4 is 11.9 Å². The molecule has 7 nitrogen and oxygen atoms in total. The topological polar surface area (TPSA) is 67.9 Å². The lowest BCUT2D eigenvalue weighted by Crippen LogP contribution is -2.50. The van der Waals surface area contributed by atoms with Crippen molar-refractivity contribution < 1.29 is 18.7 Å². The van der Waals surface area contributed by atoms with E-state index in [2.05, 4.69) is 9.47 Å². The van der Waals surface area contributed by atoms with Gasteiger partial charge in [-0.15, -0.1) is 0 Å². The largest absolute Gasteiger partial charge is 0.467 e. The van der Waals surface area contributed by atoms with Crippen LogP contribution in [0.25, 0.3) is 0 Å². The van der Waals surface area contributed by atoms with Crippen LogP contribution in [0.1, 0.15) is 34.4 Å². The molecule has 0 unspecified atom stereocenters. The van der Waals surface area contributed by atoms with Crippen LogP contribution in [0, 0.1) is 13.8 Å². The predicted octanol–water partition coefficient (Wildman–Crippen LogP) is 2.70. The fourth-order valence-corrected chi connectivity index (χ4v) is 3.48. The summed E-state index contributed by atoms with van der Waals surface area (Å²) in [6.07, 6.45) is 1.39. The minimum absolute atomic E-state index is 0.110. The summed E-state index contributed by atoms with van der Waals surface area (Å²) in [6.45, 7) is 9.67. The minimum atomic E-state index is -0.273. The number of aryl methyl sites for hydroxylation is 1. The third-order valence-electron chi connectivity index (χ3n) is 5.03. The maximum absolute atomic E-state index is 12.8. The number of ether oxygens (including phenoxy) is 1. The van der Waals surface area contributed by atoms with Crippen LogP contribution in [-0.2, 0) is 11.3 Å². The number of hydrogen-bond acceptors (Lipinski definition) is 5. The van der Waals surface area contributed by atoms with E-state index in [-0.39, 0.29) is 11.9 Å². The van der Waals surface area contributed by atoms with E-state index in [9.17, 15) is 9.59 Å². The summed E-state index contributed by atoms with van der Waals surface area (Å²) >= 11 is 0. The molecule has 146 valence electrons. The highest BCUT2D eigenvalue weighted by Gasteiger charge is 2.24. The molecule has 1 saturated heterocycles. The van der Waals surface area contributed by atoms with Gasteiger partial charge in [0, 0.05) is 43.1 Å². The first kappa shape index (κ1) is 19.2. The molecule has 0 atom stereocenters. The smallest absolute Gasteiger partial charge is 0.409 e. The summed E-state index contributed by atoms with van der Waals surface area (Å²) in [4.78, 5) is 28.4. The first-order valence-corrected chi connectivity index (χ1v) is 9.36. The lowest BCUT2D eigenvalue weighted by molar-refractivity contribution is 0.0733. The van der Waals surface area contributed by atoms with E-state index in [1.165, 1.54) is 0 Å². The van der Waals surface area contributed by atoms with Gasteiger partial charge in [0.05, 0.1) is 26.0 Å². The lowest BCUT2D eigenvalue weighted by atomic mass is 10.1. The summed E-state index contributed by atoms with van der Waals surface area (Å²) in [7, 11) is 0. The first-order chi connectivity index (χ1) is 13.0. The van der Waals surface area contributed by atoms with Gasteiger partial charge < -0.3 is 18.6 Å². The van der Waals surface area contributed by atoms with Crippen LogP contribution in [0.15, 0.2) is 28.9 Å². The van der Waals surface area contributed by atoms with E-state index in [1.807, 2.05) is 32.0 Å². The van der Waals surface area contributed by atoms with E-state index in [1.54, 1.807) is 18.1 Å². The summed E-state index contributed by atoms with van der Waals surface area (Å²) in [5, 5.41) is 0. The van der Waals surface area contributed by atoms with Crippen LogP contribution < -0.4 is 0 Å². The molecular weight excluding hydrogens is 346 g/mol. The molecule has 0 saturated carbocycles. The number of aromatic nitrogens is 1. The van der Waals surface area contributed by atoms with Crippen LogP contribution in [0.4, 0.5) is 4.79 Å². The fourth-order valence-electron chi connectivity index (χ4n) is 3.48. The Kier molecular flexibility index (Phi) is 6.01. The fraction of sp³-hybridized carbons (Fsp3) is 0.500. The Labute approximate surface area is 159 Å². The number of piperazine rings is 1. The zero-order valence-electron chi connectivity index (χ0n) is 16.2. The van der Waals surface area contributed by atoms with E-state index in [0.29, 0.717) is 45.9 Å². The van der Waals surface area contributed by atoms with Crippen molar-refractivity contribution in [1.29, 1.82) is 0 Å². The molecule has 0 N–H and O–H groups in total. The Morgan fingerprint density at radius 3 is 2.56 bits per heavy atom. The molecule has 0 radical (unpaired) electrons. The number of hydrogen-bond donors (Lipinski definition) is 0. The highest BCUT2D eigenvalue weighted by atomic mass is 16.6. The molecule has 2 aromatic heterocycles. The second-order valence-electron chi connectivity index (χ2n) is 6.84. The molecule has 1 aliphatic rings. The van der Waals surface area contributed by atoms with Gasteiger partial charge in [-0.25, -0.2) is 4.79 Å². The number of furan rings is 1. The van der Waals surface area contributed by atoms with Gasteiger partial charge in [-0.05, 0) is 39.0 Å². The number of rotatable bonds is 6. The number of carbonyl (C=O) groups excluding carboxylic acids is 2. The predicted molar refractivity (Wildman–Crippen MR) is 101 cm³/mol. The molecule has 0 aliphatic carbocycles. The molecule has 2 aromatic rings. The van der Waals surface area contributed by atoms with Gasteiger partial charge in [-0.3, -0.25) is 9.69 Å². The summed E-state index contributed by atoms with van der Waals surface area (Å²) in [5.74, 6) is 0.976. The van der Waals surface area contributed by atoms with E-state index in [4.69, 9.17) is 9.15 Å². The SMILES string of the molecule is CCOC(=O)N1CCN(CC(=O)c2cc(C)n(Cc3ccco3)c2C)CC1. The highest BCUT2D eigenvalue weighted by molar-refractivity contribution is 5.99. The van der Waals surface area contributed by atoms with Gasteiger partial charge in [0.1, 0.15) is 5.76 Å². The average Bonchev–Trinajstić information content (AvgIpc) is 3.26. The van der Waals surface area contributed by atoms with Crippen LogP contribution in [0.3, 0.4) is 0 Å². The third-order valence-corrected chi connectivity index (χ3v) is 5.03. The second kappa shape index (κ2) is 8.43. The molecular formula is C20H27N3O4. The van der Waals surface area contributed by atoms with E-state index >= 15 is 0 Å². The van der Waals surface area contributed by atoms with Gasteiger partial charge in [-0.1, -0.05) is 0 Å². The first-order valence-electron chi connectivity index (χ1n) is 9.36. The van der Waals surface area contributed by atoms with Gasteiger partial charge in [0.2, 0.25) is 0 Å². The monoisotopic (exact) mass is 373 g/mol. The molecule has 0 bridgehead atoms. The Morgan fingerprint density at radius 1 is 1.19 bits per heavy atom. The van der Waals surface area contributed by atoms with Crippen molar-refractivity contribution in [3.8, 4) is 0 Å². The Balaban J connectivity index is 1.60. The van der Waals surface area contributed by atoms with Gasteiger partial charge in [0.25, 0.3) is 0 Å². The normalized spacial score (nSPS) is 15.1. The third kappa shape index (κ3) is 4.42. The number of carbonyl (C=O) groups is 2. The Morgan fingerprint density at radius 2 is 1.93 bits per heavy atom. The Bertz CT molecular complexity index is 787. The summed E-state index contributed by atoms with van der Waals surface area (Å²) in [5.41, 5.74) is 2.75. The molecule has 27 heavy (non-hydrogen) atoms. The molecule has 0 aromatic carbocycles. The quantitative estimate of drug-likeness (QED) is 0.729. The molecule has 1 aliphatic heterocycles. The van der Waals surface area contributed by atoms with Gasteiger partial charge in [-0.2, -0.15) is 0 Å². The number of nitrogens with zero attached hydrogens (tertiary/aromatic N) is 3. The van der Waals surface area contributed by atoms with Gasteiger partial charge in [0.15, 0.2) is 5.78 Å². The van der Waals surface area contributed by atoms with Crippen LogP contribution in [-0.4, -0.2) is 65.6 Å². The van der Waals surface area contributed by atoms with E-state index in [0.717, 1.165) is 22.7 Å². The zero-order chi connectivity index (χ0) is 19.4. The van der Waals surface area contributed by atoms with Crippen molar-refractivity contribution in [1.82, 2.24) is 14.4 Å². The number of ketones is 1. The van der Waals surface area contributed by atoms with Crippen LogP contribution in [0.5, 0.6) is 0 Å². The molecule has 3 heterocycles. The minimum Gasteiger partial charge on any atom is -0.467 e. The summed E-state index contributed by atoms with van der Waals surface area (Å²) in [6, 6.07) is 5.75. The van der Waals surface area contributed by atoms with Crippen LogP contribution >= 0.6 is 0 Å². The van der Waals surface area contributed by atoms with Crippen molar-refractivity contribution in [3.05, 3.63) is 47.2 Å². The molecule has 0 spiro atoms. The van der Waals surface area contributed by atoms with Crippen molar-refractivity contribution in [3.63, 3.8) is 0 Å². The maximum atomic E-state index is 12.8. The van der Waals surface area contributed by atoms with Gasteiger partial charge >= 0.3 is 6.09 Å². The van der Waals surface area contributed by atoms with Crippen molar-refractivity contribution in [2.24, 2.45) is 0 Å². The molecule has 3 rings (SSSR count). The zero-order valence-corrected chi connectivity index (χ0v) is 16.2.